The van der Waals surface area contributed by atoms with Crippen LogP contribution in [0.3, 0.4) is 0 Å². The van der Waals surface area contributed by atoms with Gasteiger partial charge in [0.15, 0.2) is 0 Å². The third-order valence-electron chi connectivity index (χ3n) is 2.54. The van der Waals surface area contributed by atoms with Crippen LogP contribution in [0.2, 0.25) is 0 Å². The number of carboxylic acids is 1. The predicted octanol–water partition coefficient (Wildman–Crippen LogP) is 1.96. The molecule has 0 aliphatic carbocycles. The summed E-state index contributed by atoms with van der Waals surface area (Å²) < 4.78 is 10.4. The van der Waals surface area contributed by atoms with Crippen molar-refractivity contribution >= 4 is 5.97 Å². The highest BCUT2D eigenvalue weighted by Crippen LogP contribution is 2.18. The molecule has 0 radical (unpaired) electrons. The van der Waals surface area contributed by atoms with Gasteiger partial charge in [-0.05, 0) is 26.0 Å². The van der Waals surface area contributed by atoms with Gasteiger partial charge in [0.1, 0.15) is 17.9 Å². The van der Waals surface area contributed by atoms with Crippen LogP contribution in [0.4, 0.5) is 0 Å². The van der Waals surface area contributed by atoms with E-state index >= 15 is 0 Å². The van der Waals surface area contributed by atoms with E-state index in [0.717, 1.165) is 11.3 Å². The normalized spacial score (nSPS) is 10.3. The molecule has 1 N–H and O–H groups in total. The second-order valence-corrected chi connectivity index (χ2v) is 3.75. The molecule has 2 rings (SSSR count). The zero-order chi connectivity index (χ0) is 13.1. The number of hydrogen-bond donors (Lipinski definition) is 1. The third kappa shape index (κ3) is 2.32. The number of carbonyl (C=O) groups is 1. The monoisotopic (exact) mass is 248 g/mol. The van der Waals surface area contributed by atoms with E-state index in [1.165, 1.54) is 12.3 Å². The molecule has 0 spiro atoms. The molecule has 0 aromatic carbocycles. The molecule has 0 fully saturated rings. The molecule has 6 nitrogen and oxygen atoms in total. The number of pyridine rings is 1. The number of aromatic nitrogens is 2. The molecule has 0 aliphatic heterocycles. The van der Waals surface area contributed by atoms with Crippen molar-refractivity contribution in [2.75, 3.05) is 0 Å². The summed E-state index contributed by atoms with van der Waals surface area (Å²) in [7, 11) is 0. The molecular weight excluding hydrogens is 236 g/mol. The van der Waals surface area contributed by atoms with Gasteiger partial charge in [-0.1, -0.05) is 5.16 Å². The Morgan fingerprint density at radius 1 is 1.50 bits per heavy atom. The highest BCUT2D eigenvalue weighted by atomic mass is 16.5. The van der Waals surface area contributed by atoms with E-state index < -0.39 is 5.97 Å². The summed E-state index contributed by atoms with van der Waals surface area (Å²) in [6.07, 6.45) is 1.48. The topological polar surface area (TPSA) is 85.5 Å². The second-order valence-electron chi connectivity index (χ2n) is 3.75. The van der Waals surface area contributed by atoms with Crippen LogP contribution in [-0.4, -0.2) is 21.2 Å². The van der Waals surface area contributed by atoms with Crippen molar-refractivity contribution < 1.29 is 19.2 Å². The first-order valence-corrected chi connectivity index (χ1v) is 5.32. The number of nitrogens with zero attached hydrogens (tertiary/aromatic N) is 2. The maximum atomic E-state index is 11.0. The number of ether oxygens (including phenoxy) is 1. The van der Waals surface area contributed by atoms with Gasteiger partial charge in [-0.15, -0.1) is 0 Å². The van der Waals surface area contributed by atoms with Gasteiger partial charge < -0.3 is 14.4 Å². The Labute approximate surface area is 103 Å². The molecule has 6 heteroatoms. The number of aromatic carboxylic acids is 1. The minimum Gasteiger partial charge on any atom is -0.477 e. The van der Waals surface area contributed by atoms with E-state index in [9.17, 15) is 4.79 Å². The molecule has 2 aromatic heterocycles. The molecule has 2 heterocycles. The molecule has 0 saturated carbocycles. The molecule has 94 valence electrons. The Balaban J connectivity index is 2.18. The minimum atomic E-state index is -1.07. The first-order valence-electron chi connectivity index (χ1n) is 5.32. The quantitative estimate of drug-likeness (QED) is 0.890. The highest BCUT2D eigenvalue weighted by Gasteiger charge is 2.14. The summed E-state index contributed by atoms with van der Waals surface area (Å²) in [6, 6.07) is 2.99. The Morgan fingerprint density at radius 3 is 2.89 bits per heavy atom. The Bertz CT molecular complexity index is 558. The predicted molar refractivity (Wildman–Crippen MR) is 61.5 cm³/mol. The Morgan fingerprint density at radius 2 is 2.28 bits per heavy atom. The number of rotatable bonds is 4. The smallest absolute Gasteiger partial charge is 0.341 e. The maximum Gasteiger partial charge on any atom is 0.341 e. The average Bonchev–Trinajstić information content (AvgIpc) is 2.67. The summed E-state index contributed by atoms with van der Waals surface area (Å²) in [5, 5.41) is 12.8. The van der Waals surface area contributed by atoms with Crippen LogP contribution in [0.1, 0.15) is 27.4 Å². The van der Waals surface area contributed by atoms with Gasteiger partial charge in [-0.2, -0.15) is 0 Å². The molecule has 0 amide bonds. The van der Waals surface area contributed by atoms with Crippen LogP contribution >= 0.6 is 0 Å². The summed E-state index contributed by atoms with van der Waals surface area (Å²) in [5.74, 6) is -0.331. The Hall–Kier alpha value is -2.37. The van der Waals surface area contributed by atoms with Gasteiger partial charge >= 0.3 is 5.97 Å². The standard InChI is InChI=1S/C12H12N2O4/c1-7-10(8(2)18-14-7)6-17-11-9(12(15)16)4-3-5-13-11/h3-5H,6H2,1-2H3,(H,15,16). The second kappa shape index (κ2) is 4.87. The molecule has 0 atom stereocenters. The lowest BCUT2D eigenvalue weighted by Crippen LogP contribution is -2.05. The highest BCUT2D eigenvalue weighted by molar-refractivity contribution is 5.90. The van der Waals surface area contributed by atoms with Crippen LogP contribution in [0.5, 0.6) is 5.88 Å². The van der Waals surface area contributed by atoms with Crippen molar-refractivity contribution in [1.29, 1.82) is 0 Å². The summed E-state index contributed by atoms with van der Waals surface area (Å²) in [6.45, 7) is 3.75. The van der Waals surface area contributed by atoms with Crippen molar-refractivity contribution in [3.05, 3.63) is 40.9 Å². The van der Waals surface area contributed by atoms with Crippen LogP contribution in [0, 0.1) is 13.8 Å². The molecule has 0 aliphatic rings. The van der Waals surface area contributed by atoms with Crippen LogP contribution in [-0.2, 0) is 6.61 Å². The van der Waals surface area contributed by atoms with E-state index in [4.69, 9.17) is 14.4 Å². The van der Waals surface area contributed by atoms with E-state index in [1.807, 2.05) is 0 Å². The molecule has 0 saturated heterocycles. The van der Waals surface area contributed by atoms with Gasteiger partial charge in [0.2, 0.25) is 5.88 Å². The van der Waals surface area contributed by atoms with Gasteiger partial charge in [0.05, 0.1) is 11.3 Å². The van der Waals surface area contributed by atoms with Crippen molar-refractivity contribution in [1.82, 2.24) is 10.1 Å². The van der Waals surface area contributed by atoms with Gasteiger partial charge in [-0.3, -0.25) is 0 Å². The largest absolute Gasteiger partial charge is 0.477 e. The van der Waals surface area contributed by atoms with Gasteiger partial charge in [-0.25, -0.2) is 9.78 Å². The molecule has 2 aromatic rings. The van der Waals surface area contributed by atoms with Crippen molar-refractivity contribution in [2.24, 2.45) is 0 Å². The molecule has 0 unspecified atom stereocenters. The lowest BCUT2D eigenvalue weighted by Gasteiger charge is -2.07. The lowest BCUT2D eigenvalue weighted by molar-refractivity contribution is 0.0690. The first kappa shape index (κ1) is 12.1. The van der Waals surface area contributed by atoms with E-state index in [0.29, 0.717) is 5.76 Å². The molecular formula is C12H12N2O4. The van der Waals surface area contributed by atoms with Gasteiger partial charge in [0.25, 0.3) is 0 Å². The maximum absolute atomic E-state index is 11.0. The van der Waals surface area contributed by atoms with E-state index in [1.54, 1.807) is 19.9 Å². The number of carboxylic acid groups (broad SMARTS) is 1. The summed E-state index contributed by atoms with van der Waals surface area (Å²) in [4.78, 5) is 14.9. The van der Waals surface area contributed by atoms with Crippen molar-refractivity contribution in [3.63, 3.8) is 0 Å². The fourth-order valence-electron chi connectivity index (χ4n) is 1.52. The number of aryl methyl sites for hydroxylation is 2. The van der Waals surface area contributed by atoms with Crippen LogP contribution in [0.25, 0.3) is 0 Å². The number of hydrogen-bond acceptors (Lipinski definition) is 5. The average molecular weight is 248 g/mol. The minimum absolute atomic E-state index is 0.0317. The summed E-state index contributed by atoms with van der Waals surface area (Å²) >= 11 is 0. The fraction of sp³-hybridized carbons (Fsp3) is 0.250. The van der Waals surface area contributed by atoms with Crippen molar-refractivity contribution in [2.45, 2.75) is 20.5 Å². The lowest BCUT2D eigenvalue weighted by atomic mass is 10.2. The molecule has 18 heavy (non-hydrogen) atoms. The SMILES string of the molecule is Cc1noc(C)c1COc1ncccc1C(=O)O. The first-order chi connectivity index (χ1) is 8.59. The zero-order valence-corrected chi connectivity index (χ0v) is 10.0. The van der Waals surface area contributed by atoms with E-state index in [-0.39, 0.29) is 18.1 Å². The van der Waals surface area contributed by atoms with Crippen LogP contribution < -0.4 is 4.74 Å². The van der Waals surface area contributed by atoms with Gasteiger partial charge in [0, 0.05) is 6.20 Å². The summed E-state index contributed by atoms with van der Waals surface area (Å²) in [5.41, 5.74) is 1.56. The Kier molecular flexibility index (Phi) is 3.27. The zero-order valence-electron chi connectivity index (χ0n) is 10.0. The van der Waals surface area contributed by atoms with Crippen molar-refractivity contribution in [3.8, 4) is 5.88 Å². The third-order valence-corrected chi connectivity index (χ3v) is 2.54. The molecule has 0 bridgehead atoms. The van der Waals surface area contributed by atoms with Crippen LogP contribution in [0.15, 0.2) is 22.9 Å². The van der Waals surface area contributed by atoms with E-state index in [2.05, 4.69) is 10.1 Å². The fourth-order valence-corrected chi connectivity index (χ4v) is 1.52.